The first-order valence-corrected chi connectivity index (χ1v) is 7.15. The Morgan fingerprint density at radius 1 is 1.19 bits per heavy atom. The van der Waals surface area contributed by atoms with Gasteiger partial charge in [0.1, 0.15) is 0 Å². The highest BCUT2D eigenvalue weighted by atomic mass is 79.9. The van der Waals surface area contributed by atoms with E-state index in [4.69, 9.17) is 0 Å². The quantitative estimate of drug-likeness (QED) is 0.787. The summed E-state index contributed by atoms with van der Waals surface area (Å²) in [5, 5.41) is 7.34. The van der Waals surface area contributed by atoms with Crippen LogP contribution in [0.15, 0.2) is 47.6 Å². The van der Waals surface area contributed by atoms with E-state index in [1.807, 2.05) is 25.4 Å². The molecule has 21 heavy (non-hydrogen) atoms. The maximum Gasteiger partial charge on any atom is 0.222 e. The predicted molar refractivity (Wildman–Crippen MR) is 83.5 cm³/mol. The highest BCUT2D eigenvalue weighted by Crippen LogP contribution is 2.17. The van der Waals surface area contributed by atoms with E-state index in [2.05, 4.69) is 41.3 Å². The number of halogens is 1. The standard InChI is InChI=1S/C14H13BrN6/c1-21-9-11(6-20-21)13-4-10(2-3-16-13)5-17-14-18-7-12(15)8-19-14/h2-4,6-9H,5H2,1H3,(H,17,18,19). The van der Waals surface area contributed by atoms with Gasteiger partial charge in [0, 0.05) is 43.9 Å². The number of pyridine rings is 1. The van der Waals surface area contributed by atoms with Gasteiger partial charge in [-0.2, -0.15) is 5.10 Å². The van der Waals surface area contributed by atoms with E-state index in [-0.39, 0.29) is 0 Å². The van der Waals surface area contributed by atoms with Crippen LogP contribution in [-0.4, -0.2) is 24.7 Å². The maximum absolute atomic E-state index is 4.37. The van der Waals surface area contributed by atoms with Gasteiger partial charge in [-0.1, -0.05) is 0 Å². The Morgan fingerprint density at radius 2 is 2.00 bits per heavy atom. The van der Waals surface area contributed by atoms with Crippen LogP contribution in [0.2, 0.25) is 0 Å². The van der Waals surface area contributed by atoms with Gasteiger partial charge in [-0.15, -0.1) is 0 Å². The van der Waals surface area contributed by atoms with Crippen LogP contribution >= 0.6 is 15.9 Å². The third-order valence-corrected chi connectivity index (χ3v) is 3.31. The summed E-state index contributed by atoms with van der Waals surface area (Å²) in [6, 6.07) is 3.99. The Hall–Kier alpha value is -2.28. The molecule has 0 amide bonds. The first-order chi connectivity index (χ1) is 10.2. The Bertz CT molecular complexity index is 737. The minimum atomic E-state index is 0.595. The average Bonchev–Trinajstić information content (AvgIpc) is 2.94. The summed E-state index contributed by atoms with van der Waals surface area (Å²) in [5.74, 6) is 0.595. The molecule has 0 saturated heterocycles. The van der Waals surface area contributed by atoms with E-state index in [1.54, 1.807) is 29.5 Å². The zero-order chi connectivity index (χ0) is 14.7. The fourth-order valence-electron chi connectivity index (χ4n) is 1.88. The predicted octanol–water partition coefficient (Wildman–Crippen LogP) is 2.65. The maximum atomic E-state index is 4.37. The molecule has 3 aromatic heterocycles. The van der Waals surface area contributed by atoms with Gasteiger partial charge in [-0.05, 0) is 33.6 Å². The Kier molecular flexibility index (Phi) is 3.92. The molecule has 0 aliphatic rings. The molecule has 0 bridgehead atoms. The molecule has 1 N–H and O–H groups in total. The molecule has 0 aliphatic carbocycles. The fraction of sp³-hybridized carbons (Fsp3) is 0.143. The summed E-state index contributed by atoms with van der Waals surface area (Å²) in [7, 11) is 1.89. The number of rotatable bonds is 4. The second-order valence-corrected chi connectivity index (χ2v) is 5.45. The van der Waals surface area contributed by atoms with E-state index in [9.17, 15) is 0 Å². The van der Waals surface area contributed by atoms with E-state index >= 15 is 0 Å². The van der Waals surface area contributed by atoms with Crippen LogP contribution in [-0.2, 0) is 13.6 Å². The SMILES string of the molecule is Cn1cc(-c2cc(CNc3ncc(Br)cn3)ccn2)cn1. The van der Waals surface area contributed by atoms with Gasteiger partial charge in [-0.25, -0.2) is 9.97 Å². The Balaban J connectivity index is 1.73. The van der Waals surface area contributed by atoms with Crippen LogP contribution < -0.4 is 5.32 Å². The van der Waals surface area contributed by atoms with Crippen molar-refractivity contribution in [3.8, 4) is 11.3 Å². The summed E-state index contributed by atoms with van der Waals surface area (Å²) in [5.41, 5.74) is 3.01. The molecule has 3 heterocycles. The van der Waals surface area contributed by atoms with Crippen molar-refractivity contribution < 1.29 is 0 Å². The largest absolute Gasteiger partial charge is 0.350 e. The van der Waals surface area contributed by atoms with Gasteiger partial charge in [0.2, 0.25) is 5.95 Å². The van der Waals surface area contributed by atoms with Crippen molar-refractivity contribution in [2.75, 3.05) is 5.32 Å². The van der Waals surface area contributed by atoms with Gasteiger partial charge < -0.3 is 5.32 Å². The highest BCUT2D eigenvalue weighted by molar-refractivity contribution is 9.10. The second kappa shape index (κ2) is 6.01. The van der Waals surface area contributed by atoms with Gasteiger partial charge in [0.15, 0.2) is 0 Å². The van der Waals surface area contributed by atoms with E-state index in [0.717, 1.165) is 21.3 Å². The lowest BCUT2D eigenvalue weighted by atomic mass is 10.1. The molecule has 7 heteroatoms. The Labute approximate surface area is 130 Å². The molecule has 0 radical (unpaired) electrons. The van der Waals surface area contributed by atoms with Crippen LogP contribution in [0.25, 0.3) is 11.3 Å². The lowest BCUT2D eigenvalue weighted by molar-refractivity contribution is 0.768. The molecule has 106 valence electrons. The minimum absolute atomic E-state index is 0.595. The highest BCUT2D eigenvalue weighted by Gasteiger charge is 2.03. The molecular formula is C14H13BrN6. The molecule has 0 atom stereocenters. The molecule has 3 rings (SSSR count). The zero-order valence-electron chi connectivity index (χ0n) is 11.4. The molecule has 0 saturated carbocycles. The van der Waals surface area contributed by atoms with Gasteiger partial charge in [-0.3, -0.25) is 9.67 Å². The van der Waals surface area contributed by atoms with Gasteiger partial charge in [0.05, 0.1) is 16.4 Å². The molecular weight excluding hydrogens is 332 g/mol. The number of aromatic nitrogens is 5. The van der Waals surface area contributed by atoms with Gasteiger partial charge in [0.25, 0.3) is 0 Å². The Morgan fingerprint density at radius 3 is 2.71 bits per heavy atom. The number of nitrogens with zero attached hydrogens (tertiary/aromatic N) is 5. The lowest BCUT2D eigenvalue weighted by Crippen LogP contribution is -2.03. The molecule has 0 aromatic carbocycles. The summed E-state index contributed by atoms with van der Waals surface area (Å²) in [6.07, 6.45) is 8.96. The molecule has 0 aliphatic heterocycles. The number of anilines is 1. The lowest BCUT2D eigenvalue weighted by Gasteiger charge is -2.05. The van der Waals surface area contributed by atoms with Crippen molar-refractivity contribution >= 4 is 21.9 Å². The van der Waals surface area contributed by atoms with E-state index < -0.39 is 0 Å². The zero-order valence-corrected chi connectivity index (χ0v) is 12.9. The number of nitrogens with one attached hydrogen (secondary N) is 1. The van der Waals surface area contributed by atoms with Crippen LogP contribution in [0, 0.1) is 0 Å². The molecule has 3 aromatic rings. The summed E-state index contributed by atoms with van der Waals surface area (Å²) < 4.78 is 2.62. The molecule has 0 fully saturated rings. The summed E-state index contributed by atoms with van der Waals surface area (Å²) in [6.45, 7) is 0.636. The van der Waals surface area contributed by atoms with Crippen molar-refractivity contribution in [1.82, 2.24) is 24.7 Å². The molecule has 0 unspecified atom stereocenters. The average molecular weight is 345 g/mol. The van der Waals surface area contributed by atoms with Crippen molar-refractivity contribution in [1.29, 1.82) is 0 Å². The van der Waals surface area contributed by atoms with Crippen molar-refractivity contribution in [2.45, 2.75) is 6.54 Å². The first-order valence-electron chi connectivity index (χ1n) is 6.36. The minimum Gasteiger partial charge on any atom is -0.350 e. The van der Waals surface area contributed by atoms with Crippen LogP contribution in [0.3, 0.4) is 0 Å². The van der Waals surface area contributed by atoms with Crippen molar-refractivity contribution in [3.05, 3.63) is 53.2 Å². The number of aryl methyl sites for hydroxylation is 1. The first kappa shape index (κ1) is 13.7. The van der Waals surface area contributed by atoms with E-state index in [1.165, 1.54) is 0 Å². The van der Waals surface area contributed by atoms with E-state index in [0.29, 0.717) is 12.5 Å². The topological polar surface area (TPSA) is 68.5 Å². The summed E-state index contributed by atoms with van der Waals surface area (Å²) >= 11 is 3.31. The fourth-order valence-corrected chi connectivity index (χ4v) is 2.09. The molecule has 0 spiro atoms. The third kappa shape index (κ3) is 3.43. The van der Waals surface area contributed by atoms with Gasteiger partial charge >= 0.3 is 0 Å². The van der Waals surface area contributed by atoms with Crippen LogP contribution in [0.4, 0.5) is 5.95 Å². The third-order valence-electron chi connectivity index (χ3n) is 2.90. The molecule has 6 nitrogen and oxygen atoms in total. The number of hydrogen-bond acceptors (Lipinski definition) is 5. The number of hydrogen-bond donors (Lipinski definition) is 1. The smallest absolute Gasteiger partial charge is 0.222 e. The second-order valence-electron chi connectivity index (χ2n) is 4.53. The monoisotopic (exact) mass is 344 g/mol. The van der Waals surface area contributed by atoms with Crippen molar-refractivity contribution in [3.63, 3.8) is 0 Å². The van der Waals surface area contributed by atoms with Crippen molar-refractivity contribution in [2.24, 2.45) is 7.05 Å². The van der Waals surface area contributed by atoms with Crippen LogP contribution in [0.1, 0.15) is 5.56 Å². The normalized spacial score (nSPS) is 10.6. The van der Waals surface area contributed by atoms with Crippen LogP contribution in [0.5, 0.6) is 0 Å². The summed E-state index contributed by atoms with van der Waals surface area (Å²) in [4.78, 5) is 12.7.